The van der Waals surface area contributed by atoms with Crippen molar-refractivity contribution in [3.8, 4) is 0 Å². The Bertz CT molecular complexity index is 357. The first-order chi connectivity index (χ1) is 7.50. The van der Waals surface area contributed by atoms with Gasteiger partial charge in [-0.3, -0.25) is 0 Å². The summed E-state index contributed by atoms with van der Waals surface area (Å²) in [5.74, 6) is 0. The number of hydrogen-bond acceptors (Lipinski definition) is 2. The van der Waals surface area contributed by atoms with Crippen LogP contribution in [-0.4, -0.2) is 17.3 Å². The molecular formula is C12H17Cl2NO. The molecule has 1 aromatic rings. The molecule has 0 aliphatic heterocycles. The highest BCUT2D eigenvalue weighted by Crippen LogP contribution is 2.26. The van der Waals surface area contributed by atoms with Gasteiger partial charge in [0.05, 0.1) is 5.60 Å². The van der Waals surface area contributed by atoms with Crippen LogP contribution in [-0.2, 0) is 6.42 Å². The van der Waals surface area contributed by atoms with Gasteiger partial charge in [-0.15, -0.1) is 0 Å². The van der Waals surface area contributed by atoms with E-state index < -0.39 is 5.60 Å². The standard InChI is InChI=1S/C12H17Cl2NO/c1-2-5-12(16,8-15)7-9-6-10(13)3-4-11(9)14/h3-4,6,16H,2,5,7-8,15H2,1H3. The molecular weight excluding hydrogens is 245 g/mol. The summed E-state index contributed by atoms with van der Waals surface area (Å²) in [6, 6.07) is 5.25. The van der Waals surface area contributed by atoms with Crippen molar-refractivity contribution in [1.29, 1.82) is 0 Å². The lowest BCUT2D eigenvalue weighted by Crippen LogP contribution is -2.39. The van der Waals surface area contributed by atoms with E-state index in [9.17, 15) is 5.11 Å². The molecule has 1 unspecified atom stereocenters. The minimum absolute atomic E-state index is 0.226. The first-order valence-corrected chi connectivity index (χ1v) is 6.13. The van der Waals surface area contributed by atoms with E-state index in [0.717, 1.165) is 12.0 Å². The lowest BCUT2D eigenvalue weighted by molar-refractivity contribution is 0.0399. The van der Waals surface area contributed by atoms with Gasteiger partial charge in [0.25, 0.3) is 0 Å². The van der Waals surface area contributed by atoms with E-state index in [1.165, 1.54) is 0 Å². The van der Waals surface area contributed by atoms with Crippen molar-refractivity contribution >= 4 is 23.2 Å². The summed E-state index contributed by atoms with van der Waals surface area (Å²) >= 11 is 11.9. The van der Waals surface area contributed by atoms with Crippen LogP contribution >= 0.6 is 23.2 Å². The van der Waals surface area contributed by atoms with E-state index in [-0.39, 0.29) is 6.54 Å². The third-order valence-corrected chi connectivity index (χ3v) is 3.23. The van der Waals surface area contributed by atoms with Gasteiger partial charge in [0.1, 0.15) is 0 Å². The summed E-state index contributed by atoms with van der Waals surface area (Å²) in [7, 11) is 0. The molecule has 0 heterocycles. The van der Waals surface area contributed by atoms with Crippen molar-refractivity contribution in [3.63, 3.8) is 0 Å². The average Bonchev–Trinajstić information content (AvgIpc) is 2.24. The van der Waals surface area contributed by atoms with Crippen LogP contribution in [0.15, 0.2) is 18.2 Å². The summed E-state index contributed by atoms with van der Waals surface area (Å²) < 4.78 is 0. The minimum atomic E-state index is -0.886. The Morgan fingerprint density at radius 3 is 2.62 bits per heavy atom. The Balaban J connectivity index is 2.89. The number of halogens is 2. The Kier molecular flexibility index (Phi) is 5.06. The van der Waals surface area contributed by atoms with E-state index >= 15 is 0 Å². The van der Waals surface area contributed by atoms with Crippen LogP contribution < -0.4 is 5.73 Å². The van der Waals surface area contributed by atoms with Gasteiger partial charge in [-0.1, -0.05) is 36.5 Å². The number of aliphatic hydroxyl groups is 1. The normalized spacial score (nSPS) is 14.8. The maximum Gasteiger partial charge on any atom is 0.0809 e. The van der Waals surface area contributed by atoms with E-state index in [4.69, 9.17) is 28.9 Å². The lowest BCUT2D eigenvalue weighted by Gasteiger charge is -2.26. The molecule has 4 heteroatoms. The molecule has 1 atom stereocenters. The zero-order chi connectivity index (χ0) is 12.2. The molecule has 0 fully saturated rings. The average molecular weight is 262 g/mol. The van der Waals surface area contributed by atoms with Crippen molar-refractivity contribution in [2.24, 2.45) is 5.73 Å². The number of nitrogens with two attached hydrogens (primary N) is 1. The SMILES string of the molecule is CCCC(O)(CN)Cc1cc(Cl)ccc1Cl. The summed E-state index contributed by atoms with van der Waals surface area (Å²) in [5.41, 5.74) is 5.56. The summed E-state index contributed by atoms with van der Waals surface area (Å²) in [4.78, 5) is 0. The molecule has 3 N–H and O–H groups in total. The zero-order valence-electron chi connectivity index (χ0n) is 9.34. The maximum atomic E-state index is 10.3. The molecule has 2 nitrogen and oxygen atoms in total. The van der Waals surface area contributed by atoms with Crippen LogP contribution in [0.4, 0.5) is 0 Å². The lowest BCUT2D eigenvalue weighted by atomic mass is 9.90. The van der Waals surface area contributed by atoms with Crippen LogP contribution in [0.3, 0.4) is 0 Å². The maximum absolute atomic E-state index is 10.3. The Morgan fingerprint density at radius 2 is 2.06 bits per heavy atom. The monoisotopic (exact) mass is 261 g/mol. The van der Waals surface area contributed by atoms with Gasteiger partial charge in [0.15, 0.2) is 0 Å². The Morgan fingerprint density at radius 1 is 1.38 bits per heavy atom. The molecule has 0 saturated heterocycles. The van der Waals surface area contributed by atoms with Crippen LogP contribution in [0.5, 0.6) is 0 Å². The predicted molar refractivity (Wildman–Crippen MR) is 69.1 cm³/mol. The van der Waals surface area contributed by atoms with Crippen LogP contribution in [0.2, 0.25) is 10.0 Å². The highest BCUT2D eigenvalue weighted by atomic mass is 35.5. The van der Waals surface area contributed by atoms with Crippen LogP contribution in [0, 0.1) is 0 Å². The molecule has 0 aromatic heterocycles. The molecule has 0 radical (unpaired) electrons. The number of hydrogen-bond donors (Lipinski definition) is 2. The Hall–Kier alpha value is -0.280. The largest absolute Gasteiger partial charge is 0.388 e. The van der Waals surface area contributed by atoms with E-state index in [2.05, 4.69) is 0 Å². The van der Waals surface area contributed by atoms with E-state index in [0.29, 0.717) is 22.9 Å². The molecule has 0 aliphatic rings. The second-order valence-electron chi connectivity index (χ2n) is 4.09. The molecule has 0 bridgehead atoms. The second-order valence-corrected chi connectivity index (χ2v) is 4.93. The van der Waals surface area contributed by atoms with Crippen molar-refractivity contribution < 1.29 is 5.11 Å². The first kappa shape index (κ1) is 13.8. The van der Waals surface area contributed by atoms with Crippen LogP contribution in [0.1, 0.15) is 25.3 Å². The topological polar surface area (TPSA) is 46.2 Å². The van der Waals surface area contributed by atoms with E-state index in [1.807, 2.05) is 6.92 Å². The molecule has 0 amide bonds. The highest BCUT2D eigenvalue weighted by Gasteiger charge is 2.25. The van der Waals surface area contributed by atoms with Crippen molar-refractivity contribution in [3.05, 3.63) is 33.8 Å². The summed E-state index contributed by atoms with van der Waals surface area (Å²) in [6.45, 7) is 2.24. The molecule has 0 saturated carbocycles. The van der Waals surface area contributed by atoms with Gasteiger partial charge in [-0.2, -0.15) is 0 Å². The minimum Gasteiger partial charge on any atom is -0.388 e. The molecule has 1 rings (SSSR count). The Labute approximate surface area is 106 Å². The molecule has 1 aromatic carbocycles. The third-order valence-electron chi connectivity index (χ3n) is 2.62. The first-order valence-electron chi connectivity index (χ1n) is 5.37. The predicted octanol–water partition coefficient (Wildman–Crippen LogP) is 3.03. The zero-order valence-corrected chi connectivity index (χ0v) is 10.9. The third kappa shape index (κ3) is 3.63. The van der Waals surface area contributed by atoms with Crippen molar-refractivity contribution in [2.45, 2.75) is 31.8 Å². The molecule has 0 aliphatic carbocycles. The second kappa shape index (κ2) is 5.87. The quantitative estimate of drug-likeness (QED) is 0.856. The smallest absolute Gasteiger partial charge is 0.0809 e. The fourth-order valence-corrected chi connectivity index (χ4v) is 2.14. The van der Waals surface area contributed by atoms with Gasteiger partial charge < -0.3 is 10.8 Å². The van der Waals surface area contributed by atoms with Gasteiger partial charge in [0.2, 0.25) is 0 Å². The molecule has 90 valence electrons. The van der Waals surface area contributed by atoms with Gasteiger partial charge in [0, 0.05) is 23.0 Å². The fourth-order valence-electron chi connectivity index (χ4n) is 1.76. The number of benzene rings is 1. The highest BCUT2D eigenvalue weighted by molar-refractivity contribution is 6.33. The fraction of sp³-hybridized carbons (Fsp3) is 0.500. The summed E-state index contributed by atoms with van der Waals surface area (Å²) in [6.07, 6.45) is 1.98. The van der Waals surface area contributed by atoms with Gasteiger partial charge in [-0.25, -0.2) is 0 Å². The molecule has 0 spiro atoms. The number of rotatable bonds is 5. The van der Waals surface area contributed by atoms with Crippen LogP contribution in [0.25, 0.3) is 0 Å². The van der Waals surface area contributed by atoms with Crippen molar-refractivity contribution in [1.82, 2.24) is 0 Å². The summed E-state index contributed by atoms with van der Waals surface area (Å²) in [5, 5.41) is 11.5. The van der Waals surface area contributed by atoms with Gasteiger partial charge in [-0.05, 0) is 30.2 Å². The van der Waals surface area contributed by atoms with E-state index in [1.54, 1.807) is 18.2 Å². The van der Waals surface area contributed by atoms with Gasteiger partial charge >= 0.3 is 0 Å². The molecule has 16 heavy (non-hydrogen) atoms. The van der Waals surface area contributed by atoms with Crippen molar-refractivity contribution in [2.75, 3.05) is 6.54 Å².